The van der Waals surface area contributed by atoms with Crippen LogP contribution in [-0.2, 0) is 20.1 Å². The molecule has 1 aliphatic rings. The minimum absolute atomic E-state index is 0.0174. The van der Waals surface area contributed by atoms with Crippen LogP contribution in [0.15, 0.2) is 43.0 Å². The van der Waals surface area contributed by atoms with Crippen LogP contribution in [0.25, 0.3) is 11.3 Å². The van der Waals surface area contributed by atoms with Gasteiger partial charge in [-0.25, -0.2) is 19.9 Å². The molecule has 4 aromatic rings. The fourth-order valence-corrected chi connectivity index (χ4v) is 4.10. The van der Waals surface area contributed by atoms with E-state index in [9.17, 15) is 4.79 Å². The topological polar surface area (TPSA) is 107 Å². The van der Waals surface area contributed by atoms with Gasteiger partial charge in [0.1, 0.15) is 17.3 Å². The van der Waals surface area contributed by atoms with Crippen molar-refractivity contribution in [2.24, 2.45) is 7.05 Å². The van der Waals surface area contributed by atoms with E-state index in [-0.39, 0.29) is 11.9 Å². The molecule has 1 atom stereocenters. The summed E-state index contributed by atoms with van der Waals surface area (Å²) in [6.07, 6.45) is 7.22. The zero-order chi connectivity index (χ0) is 23.1. The van der Waals surface area contributed by atoms with Gasteiger partial charge in [-0.15, -0.1) is 0 Å². The van der Waals surface area contributed by atoms with E-state index < -0.39 is 0 Å². The zero-order valence-corrected chi connectivity index (χ0v) is 19.0. The lowest BCUT2D eigenvalue weighted by Gasteiger charge is -2.34. The Kier molecular flexibility index (Phi) is 5.12. The molecule has 0 aliphatic carbocycles. The Labute approximate surface area is 191 Å². The monoisotopic (exact) mass is 443 g/mol. The highest BCUT2D eigenvalue weighted by Crippen LogP contribution is 2.29. The predicted octanol–water partition coefficient (Wildman–Crippen LogP) is 2.87. The van der Waals surface area contributed by atoms with E-state index in [4.69, 9.17) is 4.98 Å². The van der Waals surface area contributed by atoms with Crippen molar-refractivity contribution in [2.75, 3.05) is 5.32 Å². The van der Waals surface area contributed by atoms with Gasteiger partial charge in [0.2, 0.25) is 5.95 Å². The predicted molar refractivity (Wildman–Crippen MR) is 123 cm³/mol. The molecule has 5 rings (SSSR count). The first-order chi connectivity index (χ1) is 15.9. The number of anilines is 2. The van der Waals surface area contributed by atoms with E-state index in [0.29, 0.717) is 30.6 Å². The lowest BCUT2D eigenvalue weighted by molar-refractivity contribution is 0.0592. The Bertz CT molecular complexity index is 1340. The summed E-state index contributed by atoms with van der Waals surface area (Å²) in [5.74, 6) is 1.95. The minimum atomic E-state index is -0.0174. The molecular formula is C23H25N9O. The lowest BCUT2D eigenvalue weighted by atomic mass is 10.1. The third kappa shape index (κ3) is 3.95. The Morgan fingerprint density at radius 1 is 1.15 bits per heavy atom. The third-order valence-electron chi connectivity index (χ3n) is 5.84. The zero-order valence-electron chi connectivity index (χ0n) is 19.0. The summed E-state index contributed by atoms with van der Waals surface area (Å²) < 4.78 is 3.73. The first-order valence-corrected chi connectivity index (χ1v) is 10.8. The van der Waals surface area contributed by atoms with Gasteiger partial charge < -0.3 is 14.8 Å². The maximum absolute atomic E-state index is 13.4. The summed E-state index contributed by atoms with van der Waals surface area (Å²) >= 11 is 0. The van der Waals surface area contributed by atoms with Crippen LogP contribution < -0.4 is 5.32 Å². The van der Waals surface area contributed by atoms with Crippen molar-refractivity contribution in [3.63, 3.8) is 0 Å². The van der Waals surface area contributed by atoms with Crippen molar-refractivity contribution in [3.05, 3.63) is 65.8 Å². The van der Waals surface area contributed by atoms with E-state index in [1.807, 2.05) is 54.8 Å². The number of hydrogen-bond donors (Lipinski definition) is 1. The maximum atomic E-state index is 13.4. The van der Waals surface area contributed by atoms with E-state index in [1.54, 1.807) is 23.3 Å². The van der Waals surface area contributed by atoms with Crippen molar-refractivity contribution in [1.82, 2.24) is 39.2 Å². The number of amides is 1. The quantitative estimate of drug-likeness (QED) is 0.505. The molecule has 1 aliphatic heterocycles. The summed E-state index contributed by atoms with van der Waals surface area (Å²) in [4.78, 5) is 33.0. The smallest absolute Gasteiger partial charge is 0.271 e. The second kappa shape index (κ2) is 8.12. The van der Waals surface area contributed by atoms with E-state index in [2.05, 4.69) is 32.3 Å². The van der Waals surface area contributed by atoms with Gasteiger partial charge in [0.05, 0.1) is 24.1 Å². The Morgan fingerprint density at radius 3 is 2.76 bits per heavy atom. The van der Waals surface area contributed by atoms with E-state index in [1.165, 1.54) is 0 Å². The molecule has 0 spiro atoms. The van der Waals surface area contributed by atoms with Crippen LogP contribution in [0.1, 0.15) is 34.5 Å². The second-order valence-electron chi connectivity index (χ2n) is 8.33. The van der Waals surface area contributed by atoms with Crippen LogP contribution in [0, 0.1) is 13.8 Å². The van der Waals surface area contributed by atoms with Gasteiger partial charge in [-0.05, 0) is 38.5 Å². The van der Waals surface area contributed by atoms with E-state index in [0.717, 1.165) is 28.3 Å². The van der Waals surface area contributed by atoms with Crippen LogP contribution >= 0.6 is 0 Å². The molecule has 1 N–H and O–H groups in total. The first-order valence-electron chi connectivity index (χ1n) is 10.8. The molecule has 1 amide bonds. The standard InChI is InChI=1S/C23H25N9O/c1-14-10-25-23(28-20-6-8-26-30(20)4)29-21(14)17-9-19-22(33)32(15(2)11-31(19)12-17)13-18-5-7-24-16(3)27-18/h5-10,12,15H,11,13H2,1-4H3,(H,25,28,29)/t15-/m0/s1. The molecule has 0 aromatic carbocycles. The van der Waals surface area contributed by atoms with Crippen LogP contribution in [-0.4, -0.2) is 51.1 Å². The molecule has 33 heavy (non-hydrogen) atoms. The Balaban J connectivity index is 1.44. The van der Waals surface area contributed by atoms with Crippen molar-refractivity contribution >= 4 is 17.7 Å². The number of nitrogens with zero attached hydrogens (tertiary/aromatic N) is 8. The van der Waals surface area contributed by atoms with Gasteiger partial charge in [0, 0.05) is 49.9 Å². The molecule has 0 unspecified atom stereocenters. The van der Waals surface area contributed by atoms with Gasteiger partial charge in [-0.2, -0.15) is 5.10 Å². The Morgan fingerprint density at radius 2 is 2.00 bits per heavy atom. The van der Waals surface area contributed by atoms with Gasteiger partial charge in [0.25, 0.3) is 5.91 Å². The second-order valence-corrected chi connectivity index (χ2v) is 8.33. The minimum Gasteiger partial charge on any atom is -0.341 e. The van der Waals surface area contributed by atoms with Gasteiger partial charge >= 0.3 is 0 Å². The van der Waals surface area contributed by atoms with Crippen LogP contribution in [0.3, 0.4) is 0 Å². The average Bonchev–Trinajstić information content (AvgIpc) is 3.39. The molecule has 5 heterocycles. The van der Waals surface area contributed by atoms with Crippen molar-refractivity contribution in [3.8, 4) is 11.3 Å². The highest BCUT2D eigenvalue weighted by molar-refractivity contribution is 5.95. The van der Waals surface area contributed by atoms with Gasteiger partial charge in [-0.3, -0.25) is 9.48 Å². The van der Waals surface area contributed by atoms with Gasteiger partial charge in [0.15, 0.2) is 0 Å². The highest BCUT2D eigenvalue weighted by atomic mass is 16.2. The number of carbonyl (C=O) groups excluding carboxylic acids is 1. The third-order valence-corrected chi connectivity index (χ3v) is 5.84. The number of aryl methyl sites for hydroxylation is 3. The molecule has 10 heteroatoms. The number of hydrogen-bond acceptors (Lipinski definition) is 7. The molecule has 168 valence electrons. The molecule has 4 aromatic heterocycles. The molecule has 0 saturated heterocycles. The van der Waals surface area contributed by atoms with Gasteiger partial charge in [-0.1, -0.05) is 0 Å². The van der Waals surface area contributed by atoms with Crippen LogP contribution in [0.4, 0.5) is 11.8 Å². The normalized spacial score (nSPS) is 15.6. The summed E-state index contributed by atoms with van der Waals surface area (Å²) in [6, 6.07) is 5.66. The Hall–Kier alpha value is -4.08. The molecule has 0 bridgehead atoms. The van der Waals surface area contributed by atoms with E-state index >= 15 is 0 Å². The number of carbonyl (C=O) groups is 1. The SMILES string of the molecule is Cc1nccc(CN2C(=O)c3cc(-c4nc(Nc5ccnn5C)ncc4C)cn3C[C@@H]2C)n1. The fourth-order valence-electron chi connectivity index (χ4n) is 4.10. The highest BCUT2D eigenvalue weighted by Gasteiger charge is 2.31. The number of aromatic nitrogens is 7. The first kappa shape index (κ1) is 20.8. The van der Waals surface area contributed by atoms with Crippen molar-refractivity contribution in [2.45, 2.75) is 39.9 Å². The number of nitrogens with one attached hydrogen (secondary N) is 1. The summed E-state index contributed by atoms with van der Waals surface area (Å²) in [7, 11) is 1.85. The summed E-state index contributed by atoms with van der Waals surface area (Å²) in [5.41, 5.74) is 4.09. The van der Waals surface area contributed by atoms with Crippen LogP contribution in [0.5, 0.6) is 0 Å². The average molecular weight is 444 g/mol. The molecule has 0 fully saturated rings. The van der Waals surface area contributed by atoms with Crippen LogP contribution in [0.2, 0.25) is 0 Å². The summed E-state index contributed by atoms with van der Waals surface area (Å²) in [6.45, 7) is 7.03. The summed E-state index contributed by atoms with van der Waals surface area (Å²) in [5, 5.41) is 7.35. The molecule has 0 radical (unpaired) electrons. The van der Waals surface area contributed by atoms with Crippen molar-refractivity contribution < 1.29 is 4.79 Å². The number of fused-ring (bicyclic) bond motifs is 1. The molecule has 10 nitrogen and oxygen atoms in total. The number of rotatable bonds is 5. The lowest BCUT2D eigenvalue weighted by Crippen LogP contribution is -2.45. The largest absolute Gasteiger partial charge is 0.341 e. The molecular weight excluding hydrogens is 418 g/mol. The van der Waals surface area contributed by atoms with Crippen molar-refractivity contribution in [1.29, 1.82) is 0 Å². The molecule has 0 saturated carbocycles. The maximum Gasteiger partial charge on any atom is 0.271 e. The fraction of sp³-hybridized carbons (Fsp3) is 0.304.